The Bertz CT molecular complexity index is 1160. The number of aromatic nitrogens is 2. The highest BCUT2D eigenvalue weighted by Crippen LogP contribution is 2.16. The average molecular weight is 472 g/mol. The largest absolute Gasteiger partial charge is 0.376 e. The first kappa shape index (κ1) is 21.5. The Morgan fingerprint density at radius 3 is 2.60 bits per heavy atom. The molecule has 2 aromatic carbocycles. The van der Waals surface area contributed by atoms with Crippen molar-refractivity contribution in [3.63, 3.8) is 0 Å². The fourth-order valence-electron chi connectivity index (χ4n) is 2.95. The number of amides is 2. The Morgan fingerprint density at radius 1 is 1.07 bits per heavy atom. The molecule has 0 spiro atoms. The van der Waals surface area contributed by atoms with Gasteiger partial charge in [0.1, 0.15) is 0 Å². The fourth-order valence-corrected chi connectivity index (χ4v) is 3.31. The summed E-state index contributed by atoms with van der Waals surface area (Å²) in [7, 11) is 0. The Labute approximate surface area is 181 Å². The minimum absolute atomic E-state index is 0.0197. The second-order valence-corrected chi connectivity index (χ2v) is 7.84. The predicted molar refractivity (Wildman–Crippen MR) is 119 cm³/mol. The molecule has 0 fully saturated rings. The number of benzene rings is 2. The maximum absolute atomic E-state index is 12.5. The van der Waals surface area contributed by atoms with Gasteiger partial charge in [0.15, 0.2) is 0 Å². The van der Waals surface area contributed by atoms with E-state index in [0.29, 0.717) is 10.9 Å². The van der Waals surface area contributed by atoms with E-state index in [1.54, 1.807) is 12.1 Å². The van der Waals surface area contributed by atoms with Gasteiger partial charge in [0.2, 0.25) is 5.91 Å². The lowest BCUT2D eigenvalue weighted by Gasteiger charge is -2.11. The highest BCUT2D eigenvalue weighted by atomic mass is 79.9. The number of hydrazine groups is 1. The van der Waals surface area contributed by atoms with Crippen LogP contribution >= 0.6 is 15.9 Å². The molecule has 8 nitrogen and oxygen atoms in total. The summed E-state index contributed by atoms with van der Waals surface area (Å²) in [6.07, 6.45) is 1.43. The third-order valence-electron chi connectivity index (χ3n) is 4.53. The van der Waals surface area contributed by atoms with Crippen molar-refractivity contribution in [3.05, 3.63) is 68.7 Å². The summed E-state index contributed by atoms with van der Waals surface area (Å²) in [5.74, 6) is -0.784. The molecule has 0 radical (unpaired) electrons. The lowest BCUT2D eigenvalue weighted by atomic mass is 10.1. The quantitative estimate of drug-likeness (QED) is 0.478. The first-order chi connectivity index (χ1) is 14.3. The van der Waals surface area contributed by atoms with Crippen molar-refractivity contribution in [2.45, 2.75) is 26.8 Å². The number of nitrogens with one attached hydrogen (secondary N) is 3. The van der Waals surface area contributed by atoms with Gasteiger partial charge >= 0.3 is 0 Å². The molecule has 9 heteroatoms. The van der Waals surface area contributed by atoms with Crippen molar-refractivity contribution < 1.29 is 9.59 Å². The number of carbonyl (C=O) groups is 2. The number of hydrogen-bond donors (Lipinski definition) is 3. The zero-order chi connectivity index (χ0) is 21.7. The van der Waals surface area contributed by atoms with Gasteiger partial charge in [-0.25, -0.2) is 4.98 Å². The Balaban J connectivity index is 1.48. The summed E-state index contributed by atoms with van der Waals surface area (Å²) in [6.45, 7) is 4.13. The lowest BCUT2D eigenvalue weighted by molar-refractivity contribution is -0.128. The molecule has 0 aliphatic rings. The zero-order valence-corrected chi connectivity index (χ0v) is 18.2. The van der Waals surface area contributed by atoms with Gasteiger partial charge in [0.25, 0.3) is 11.5 Å². The number of nitrogens with zero attached hydrogens (tertiary/aromatic N) is 2. The van der Waals surface area contributed by atoms with E-state index in [1.807, 2.05) is 38.1 Å². The van der Waals surface area contributed by atoms with E-state index < -0.39 is 5.91 Å². The molecule has 30 heavy (non-hydrogen) atoms. The first-order valence-electron chi connectivity index (χ1n) is 9.37. The van der Waals surface area contributed by atoms with Crippen LogP contribution < -0.4 is 21.7 Å². The third kappa shape index (κ3) is 5.44. The second kappa shape index (κ2) is 9.53. The smallest absolute Gasteiger partial charge is 0.261 e. The van der Waals surface area contributed by atoms with E-state index in [0.717, 1.165) is 21.3 Å². The summed E-state index contributed by atoms with van der Waals surface area (Å²) in [5, 5.41) is 3.50. The monoisotopic (exact) mass is 471 g/mol. The summed E-state index contributed by atoms with van der Waals surface area (Å²) < 4.78 is 2.15. The van der Waals surface area contributed by atoms with Crippen molar-refractivity contribution >= 4 is 44.3 Å². The normalized spacial score (nSPS) is 10.6. The standard InChI is InChI=1S/C21H22BrN5O3/c1-13-3-5-17(14(2)9-13)23-11-20(29)26-25-19(28)7-8-27-12-24-18-6-4-15(22)10-16(18)21(27)30/h3-6,9-10,12,23H,7-8,11H2,1-2H3,(H,25,28)(H,26,29). The van der Waals surface area contributed by atoms with Crippen molar-refractivity contribution in [3.8, 4) is 0 Å². The molecule has 0 aliphatic heterocycles. The topological polar surface area (TPSA) is 105 Å². The number of anilines is 1. The first-order valence-corrected chi connectivity index (χ1v) is 10.2. The van der Waals surface area contributed by atoms with E-state index in [-0.39, 0.29) is 31.0 Å². The van der Waals surface area contributed by atoms with E-state index in [9.17, 15) is 14.4 Å². The molecule has 156 valence electrons. The molecule has 0 atom stereocenters. The van der Waals surface area contributed by atoms with Crippen LogP contribution in [0.15, 0.2) is 52.0 Å². The molecule has 0 bridgehead atoms. The lowest BCUT2D eigenvalue weighted by Crippen LogP contribution is -2.44. The van der Waals surface area contributed by atoms with Crippen molar-refractivity contribution in [1.82, 2.24) is 20.4 Å². The van der Waals surface area contributed by atoms with Gasteiger partial charge < -0.3 is 5.32 Å². The van der Waals surface area contributed by atoms with Crippen LogP contribution in [0.3, 0.4) is 0 Å². The predicted octanol–water partition coefficient (Wildman–Crippen LogP) is 2.43. The van der Waals surface area contributed by atoms with E-state index in [2.05, 4.69) is 37.1 Å². The number of aryl methyl sites for hydroxylation is 3. The van der Waals surface area contributed by atoms with Gasteiger partial charge in [0, 0.05) is 23.1 Å². The number of carbonyl (C=O) groups excluding carboxylic acids is 2. The van der Waals surface area contributed by atoms with Gasteiger partial charge in [-0.2, -0.15) is 0 Å². The van der Waals surface area contributed by atoms with Crippen LogP contribution in [0.2, 0.25) is 0 Å². The second-order valence-electron chi connectivity index (χ2n) is 6.92. The molecule has 0 saturated heterocycles. The molecule has 1 aromatic heterocycles. The molecule has 0 aliphatic carbocycles. The molecule has 3 aromatic rings. The van der Waals surface area contributed by atoms with Gasteiger partial charge in [0.05, 0.1) is 23.8 Å². The van der Waals surface area contributed by atoms with Crippen LogP contribution in [0, 0.1) is 13.8 Å². The number of halogens is 1. The van der Waals surface area contributed by atoms with E-state index >= 15 is 0 Å². The maximum atomic E-state index is 12.5. The Hall–Kier alpha value is -3.20. The van der Waals surface area contributed by atoms with Crippen LogP contribution in [0.4, 0.5) is 5.69 Å². The molecular weight excluding hydrogens is 450 g/mol. The minimum Gasteiger partial charge on any atom is -0.376 e. The SMILES string of the molecule is Cc1ccc(NCC(=O)NNC(=O)CCn2cnc3ccc(Br)cc3c2=O)c(C)c1. The summed E-state index contributed by atoms with van der Waals surface area (Å²) in [6, 6.07) is 11.1. The van der Waals surface area contributed by atoms with Crippen LogP contribution in [-0.2, 0) is 16.1 Å². The average Bonchev–Trinajstić information content (AvgIpc) is 2.71. The van der Waals surface area contributed by atoms with Crippen molar-refractivity contribution in [1.29, 1.82) is 0 Å². The highest BCUT2D eigenvalue weighted by Gasteiger charge is 2.09. The number of hydrogen-bond acceptors (Lipinski definition) is 5. The molecule has 1 heterocycles. The van der Waals surface area contributed by atoms with Crippen LogP contribution in [0.25, 0.3) is 10.9 Å². The highest BCUT2D eigenvalue weighted by molar-refractivity contribution is 9.10. The van der Waals surface area contributed by atoms with Crippen LogP contribution in [0.5, 0.6) is 0 Å². The summed E-state index contributed by atoms with van der Waals surface area (Å²) in [4.78, 5) is 40.7. The minimum atomic E-state index is -0.406. The van der Waals surface area contributed by atoms with E-state index in [4.69, 9.17) is 0 Å². The van der Waals surface area contributed by atoms with Crippen LogP contribution in [-0.4, -0.2) is 27.9 Å². The van der Waals surface area contributed by atoms with E-state index in [1.165, 1.54) is 10.9 Å². The van der Waals surface area contributed by atoms with Gasteiger partial charge in [-0.3, -0.25) is 29.8 Å². The summed E-state index contributed by atoms with van der Waals surface area (Å²) >= 11 is 3.34. The molecule has 3 rings (SSSR count). The molecule has 2 amide bonds. The number of rotatable bonds is 6. The number of fused-ring (bicyclic) bond motifs is 1. The fraction of sp³-hybridized carbons (Fsp3) is 0.238. The maximum Gasteiger partial charge on any atom is 0.261 e. The molecule has 0 unspecified atom stereocenters. The molecule has 0 saturated carbocycles. The van der Waals surface area contributed by atoms with Gasteiger partial charge in [-0.1, -0.05) is 33.6 Å². The molecule has 3 N–H and O–H groups in total. The van der Waals surface area contributed by atoms with Gasteiger partial charge in [-0.15, -0.1) is 0 Å². The van der Waals surface area contributed by atoms with Crippen LogP contribution in [0.1, 0.15) is 17.5 Å². The Kier molecular flexibility index (Phi) is 6.83. The third-order valence-corrected chi connectivity index (χ3v) is 5.02. The Morgan fingerprint density at radius 2 is 1.83 bits per heavy atom. The van der Waals surface area contributed by atoms with Gasteiger partial charge in [-0.05, 0) is 43.7 Å². The van der Waals surface area contributed by atoms with Crippen molar-refractivity contribution in [2.75, 3.05) is 11.9 Å². The zero-order valence-electron chi connectivity index (χ0n) is 16.7. The summed E-state index contributed by atoms with van der Waals surface area (Å²) in [5.41, 5.74) is 8.12. The van der Waals surface area contributed by atoms with Crippen molar-refractivity contribution in [2.24, 2.45) is 0 Å². The molecular formula is C21H22BrN5O3.